The second-order valence-corrected chi connectivity index (χ2v) is 11.2. The van der Waals surface area contributed by atoms with Crippen molar-refractivity contribution < 1.29 is 14.4 Å². The first kappa shape index (κ1) is 29.1. The van der Waals surface area contributed by atoms with Gasteiger partial charge in [-0.05, 0) is 77.0 Å². The minimum atomic E-state index is -0.472. The van der Waals surface area contributed by atoms with Crippen LogP contribution in [0.25, 0.3) is 16.8 Å². The summed E-state index contributed by atoms with van der Waals surface area (Å²) in [6.45, 7) is 0. The predicted molar refractivity (Wildman–Crippen MR) is 172 cm³/mol. The van der Waals surface area contributed by atoms with Gasteiger partial charge in [0.05, 0.1) is 10.8 Å². The standard InChI is InChI=1S/C34H24Cl2N2O3S/c35-25-13-18-29(30(36)20-25)32(39)21-42-27-16-14-26(15-17-27)37-34(41)31(38-33(40)23-8-2-1-3-9-23)19-24-11-6-10-22-7-4-5-12-28(22)24/h1-20H,21H2,(H,37,41)(H,38,40)/b31-19-. The average Bonchev–Trinajstić information content (AvgIpc) is 3.00. The molecule has 0 saturated heterocycles. The summed E-state index contributed by atoms with van der Waals surface area (Å²) in [6, 6.07) is 34.3. The van der Waals surface area contributed by atoms with Crippen molar-refractivity contribution in [3.8, 4) is 0 Å². The molecule has 208 valence electrons. The van der Waals surface area contributed by atoms with Crippen LogP contribution in [-0.2, 0) is 4.79 Å². The van der Waals surface area contributed by atoms with E-state index in [9.17, 15) is 14.4 Å². The zero-order valence-electron chi connectivity index (χ0n) is 22.1. The van der Waals surface area contributed by atoms with Gasteiger partial charge in [0.15, 0.2) is 5.78 Å². The lowest BCUT2D eigenvalue weighted by Gasteiger charge is -2.12. The van der Waals surface area contributed by atoms with Gasteiger partial charge in [-0.3, -0.25) is 14.4 Å². The van der Waals surface area contributed by atoms with Crippen LogP contribution in [0.3, 0.4) is 0 Å². The molecule has 8 heteroatoms. The molecule has 0 atom stereocenters. The number of ketones is 1. The molecule has 0 unspecified atom stereocenters. The lowest BCUT2D eigenvalue weighted by molar-refractivity contribution is -0.113. The minimum absolute atomic E-state index is 0.101. The highest BCUT2D eigenvalue weighted by Gasteiger charge is 2.16. The Morgan fingerprint density at radius 2 is 1.48 bits per heavy atom. The van der Waals surface area contributed by atoms with Gasteiger partial charge < -0.3 is 10.6 Å². The van der Waals surface area contributed by atoms with E-state index in [1.807, 2.05) is 60.7 Å². The van der Waals surface area contributed by atoms with E-state index in [1.165, 1.54) is 11.8 Å². The molecule has 0 aliphatic heterocycles. The molecule has 0 aromatic heterocycles. The molecule has 0 bridgehead atoms. The Morgan fingerprint density at radius 1 is 0.762 bits per heavy atom. The van der Waals surface area contributed by atoms with Crippen molar-refractivity contribution in [2.45, 2.75) is 4.90 Å². The van der Waals surface area contributed by atoms with Crippen molar-refractivity contribution in [1.29, 1.82) is 0 Å². The second-order valence-electron chi connectivity index (χ2n) is 9.26. The molecule has 5 nitrogen and oxygen atoms in total. The van der Waals surface area contributed by atoms with Crippen molar-refractivity contribution in [1.82, 2.24) is 5.32 Å². The largest absolute Gasteiger partial charge is 0.321 e. The van der Waals surface area contributed by atoms with Crippen LogP contribution in [0.1, 0.15) is 26.3 Å². The number of thioether (sulfide) groups is 1. The van der Waals surface area contributed by atoms with Crippen LogP contribution in [0.4, 0.5) is 5.69 Å². The number of hydrogen-bond acceptors (Lipinski definition) is 4. The van der Waals surface area contributed by atoms with E-state index in [4.69, 9.17) is 23.2 Å². The highest BCUT2D eigenvalue weighted by Crippen LogP contribution is 2.26. The first-order valence-corrected chi connectivity index (χ1v) is 14.7. The Kier molecular flexibility index (Phi) is 9.39. The summed E-state index contributed by atoms with van der Waals surface area (Å²) in [4.78, 5) is 39.9. The van der Waals surface area contributed by atoms with Gasteiger partial charge in [0, 0.05) is 26.7 Å². The number of anilines is 1. The van der Waals surface area contributed by atoms with Gasteiger partial charge in [0.1, 0.15) is 5.70 Å². The van der Waals surface area contributed by atoms with Crippen LogP contribution in [0, 0.1) is 0 Å². The van der Waals surface area contributed by atoms with Crippen LogP contribution in [0.15, 0.2) is 126 Å². The van der Waals surface area contributed by atoms with Crippen LogP contribution < -0.4 is 10.6 Å². The molecule has 2 N–H and O–H groups in total. The maximum absolute atomic E-state index is 13.5. The molecule has 2 amide bonds. The normalized spacial score (nSPS) is 11.2. The van der Waals surface area contributed by atoms with Gasteiger partial charge in [-0.15, -0.1) is 11.8 Å². The smallest absolute Gasteiger partial charge is 0.272 e. The molecule has 5 rings (SSSR count). The van der Waals surface area contributed by atoms with E-state index in [-0.39, 0.29) is 17.2 Å². The summed E-state index contributed by atoms with van der Waals surface area (Å²) in [6.07, 6.45) is 1.68. The van der Waals surface area contributed by atoms with E-state index in [2.05, 4.69) is 10.6 Å². The Labute approximate surface area is 257 Å². The Balaban J connectivity index is 1.32. The Hall–Kier alpha value is -4.36. The second kappa shape index (κ2) is 13.5. The number of benzene rings is 5. The third-order valence-corrected chi connectivity index (χ3v) is 7.93. The molecule has 0 heterocycles. The molecule has 0 aliphatic carbocycles. The molecule has 0 aliphatic rings. The first-order valence-electron chi connectivity index (χ1n) is 13.0. The number of carbonyl (C=O) groups is 3. The predicted octanol–water partition coefficient (Wildman–Crippen LogP) is 8.53. The molecule has 0 spiro atoms. The molecule has 0 saturated carbocycles. The monoisotopic (exact) mass is 610 g/mol. The molecular weight excluding hydrogens is 587 g/mol. The third-order valence-electron chi connectivity index (χ3n) is 6.37. The van der Waals surface area contributed by atoms with Gasteiger partial charge in [0.25, 0.3) is 11.8 Å². The molecule has 5 aromatic rings. The van der Waals surface area contributed by atoms with E-state index < -0.39 is 11.8 Å². The van der Waals surface area contributed by atoms with E-state index in [0.717, 1.165) is 21.2 Å². The maximum atomic E-state index is 13.5. The van der Waals surface area contributed by atoms with Crippen molar-refractivity contribution in [2.24, 2.45) is 0 Å². The SMILES string of the molecule is O=C(Nc1ccc(SCC(=O)c2ccc(Cl)cc2Cl)cc1)/C(=C/c1cccc2ccccc12)NC(=O)c1ccccc1. The van der Waals surface area contributed by atoms with E-state index in [0.29, 0.717) is 26.9 Å². The summed E-state index contributed by atoms with van der Waals surface area (Å²) < 4.78 is 0. The number of Topliss-reactive ketones (excluding diaryl/α,β-unsaturated/α-hetero) is 1. The average molecular weight is 612 g/mol. The van der Waals surface area contributed by atoms with Crippen molar-refractivity contribution >= 4 is 75.1 Å². The molecule has 0 fully saturated rings. The van der Waals surface area contributed by atoms with Crippen LogP contribution in [-0.4, -0.2) is 23.4 Å². The Morgan fingerprint density at radius 3 is 2.24 bits per heavy atom. The zero-order valence-corrected chi connectivity index (χ0v) is 24.5. The number of halogens is 2. The molecule has 42 heavy (non-hydrogen) atoms. The lowest BCUT2D eigenvalue weighted by Crippen LogP contribution is -2.30. The summed E-state index contributed by atoms with van der Waals surface area (Å²) in [7, 11) is 0. The van der Waals surface area contributed by atoms with Crippen molar-refractivity contribution in [3.63, 3.8) is 0 Å². The fourth-order valence-electron chi connectivity index (χ4n) is 4.25. The van der Waals surface area contributed by atoms with Crippen molar-refractivity contribution in [2.75, 3.05) is 11.1 Å². The molecular formula is C34H24Cl2N2O3S. The molecule has 5 aromatic carbocycles. The Bertz CT molecular complexity index is 1800. The molecule has 0 radical (unpaired) electrons. The van der Waals surface area contributed by atoms with Crippen LogP contribution >= 0.6 is 35.0 Å². The van der Waals surface area contributed by atoms with Gasteiger partial charge in [-0.1, -0.05) is 83.9 Å². The van der Waals surface area contributed by atoms with Gasteiger partial charge >= 0.3 is 0 Å². The fraction of sp³-hybridized carbons (Fsp3) is 0.0294. The van der Waals surface area contributed by atoms with E-state index in [1.54, 1.807) is 60.7 Å². The zero-order chi connectivity index (χ0) is 29.5. The lowest BCUT2D eigenvalue weighted by atomic mass is 10.0. The maximum Gasteiger partial charge on any atom is 0.272 e. The topological polar surface area (TPSA) is 75.3 Å². The fourth-order valence-corrected chi connectivity index (χ4v) is 5.55. The van der Waals surface area contributed by atoms with Crippen LogP contribution in [0.5, 0.6) is 0 Å². The summed E-state index contributed by atoms with van der Waals surface area (Å²) in [5, 5.41) is 8.41. The van der Waals surface area contributed by atoms with Gasteiger partial charge in [0.2, 0.25) is 0 Å². The number of rotatable bonds is 9. The van der Waals surface area contributed by atoms with E-state index >= 15 is 0 Å². The summed E-state index contributed by atoms with van der Waals surface area (Å²) in [5.41, 5.74) is 2.28. The number of amides is 2. The number of carbonyl (C=O) groups excluding carboxylic acids is 3. The first-order chi connectivity index (χ1) is 20.4. The quantitative estimate of drug-likeness (QED) is 0.0996. The summed E-state index contributed by atoms with van der Waals surface area (Å²) in [5.74, 6) is -0.790. The highest BCUT2D eigenvalue weighted by molar-refractivity contribution is 8.00. The third kappa shape index (κ3) is 7.28. The van der Waals surface area contributed by atoms with Crippen molar-refractivity contribution in [3.05, 3.63) is 148 Å². The number of nitrogens with one attached hydrogen (secondary N) is 2. The number of hydrogen-bond donors (Lipinski definition) is 2. The van der Waals surface area contributed by atoms with Crippen LogP contribution in [0.2, 0.25) is 10.0 Å². The summed E-state index contributed by atoms with van der Waals surface area (Å²) >= 11 is 13.4. The minimum Gasteiger partial charge on any atom is -0.321 e. The highest BCUT2D eigenvalue weighted by atomic mass is 35.5. The van der Waals surface area contributed by atoms with Gasteiger partial charge in [-0.25, -0.2) is 0 Å². The number of fused-ring (bicyclic) bond motifs is 1. The van der Waals surface area contributed by atoms with Gasteiger partial charge in [-0.2, -0.15) is 0 Å².